The van der Waals surface area contributed by atoms with Crippen LogP contribution in [0.2, 0.25) is 10.0 Å². The molecule has 0 bridgehead atoms. The van der Waals surface area contributed by atoms with Crippen LogP contribution in [0.4, 0.5) is 4.79 Å². The molecule has 1 aromatic carbocycles. The van der Waals surface area contributed by atoms with Crippen LogP contribution in [0.1, 0.15) is 65.9 Å². The lowest BCUT2D eigenvalue weighted by atomic mass is 9.71. The number of hydrogen-bond acceptors (Lipinski definition) is 3. The highest BCUT2D eigenvalue weighted by molar-refractivity contribution is 6.42. The van der Waals surface area contributed by atoms with Crippen LogP contribution >= 0.6 is 23.2 Å². The molecule has 0 unspecified atom stereocenters. The number of nitrogens with zero attached hydrogens (tertiary/aromatic N) is 1. The molecule has 1 saturated heterocycles. The van der Waals surface area contributed by atoms with Crippen LogP contribution in [-0.4, -0.2) is 43.4 Å². The van der Waals surface area contributed by atoms with Crippen molar-refractivity contribution in [1.29, 1.82) is 0 Å². The van der Waals surface area contributed by atoms with Crippen LogP contribution in [-0.2, 0) is 14.9 Å². The Balaban J connectivity index is 0.00000190. The molecule has 0 radical (unpaired) electrons. The Morgan fingerprint density at radius 1 is 1.18 bits per heavy atom. The zero-order valence-corrected chi connectivity index (χ0v) is 19.6. The first-order valence-electron chi connectivity index (χ1n) is 10.1. The lowest BCUT2D eigenvalue weighted by molar-refractivity contribution is 0.0269. The summed E-state index contributed by atoms with van der Waals surface area (Å²) < 4.78 is 11.0. The van der Waals surface area contributed by atoms with Crippen molar-refractivity contribution < 1.29 is 14.3 Å². The molecule has 160 valence electrons. The molecule has 1 aromatic rings. The van der Waals surface area contributed by atoms with Crippen LogP contribution in [0, 0.1) is 0 Å². The second-order valence-corrected chi connectivity index (χ2v) is 8.84. The third-order valence-corrected chi connectivity index (χ3v) is 5.57. The molecule has 0 N–H and O–H groups in total. The summed E-state index contributed by atoms with van der Waals surface area (Å²) in [6.45, 7) is 11.8. The minimum Gasteiger partial charge on any atom is -0.444 e. The molecule has 28 heavy (non-hydrogen) atoms. The number of hydrogen-bond donors (Lipinski definition) is 0. The van der Waals surface area contributed by atoms with Crippen molar-refractivity contribution in [1.82, 2.24) is 4.90 Å². The maximum Gasteiger partial charge on any atom is 0.410 e. The maximum absolute atomic E-state index is 12.1. The summed E-state index contributed by atoms with van der Waals surface area (Å²) in [4.78, 5) is 13.8. The van der Waals surface area contributed by atoms with Gasteiger partial charge in [0.2, 0.25) is 0 Å². The van der Waals surface area contributed by atoms with Gasteiger partial charge in [-0.3, -0.25) is 0 Å². The summed E-state index contributed by atoms with van der Waals surface area (Å²) in [5.74, 6) is 0. The van der Waals surface area contributed by atoms with Crippen molar-refractivity contribution in [2.24, 2.45) is 0 Å². The van der Waals surface area contributed by atoms with Crippen molar-refractivity contribution in [2.75, 3.05) is 26.8 Å². The fraction of sp³-hybridized carbons (Fsp3) is 0.682. The number of ether oxygens (including phenoxy) is 2. The number of carbonyl (C=O) groups is 1. The van der Waals surface area contributed by atoms with E-state index in [1.807, 2.05) is 46.8 Å². The average molecular weight is 432 g/mol. The largest absolute Gasteiger partial charge is 0.444 e. The molecule has 0 atom stereocenters. The fourth-order valence-corrected chi connectivity index (χ4v) is 3.65. The van der Waals surface area contributed by atoms with Crippen LogP contribution in [0.3, 0.4) is 0 Å². The van der Waals surface area contributed by atoms with Gasteiger partial charge in [-0.25, -0.2) is 4.79 Å². The van der Waals surface area contributed by atoms with Crippen LogP contribution in [0.5, 0.6) is 0 Å². The Hall–Kier alpha value is -0.970. The monoisotopic (exact) mass is 431 g/mol. The lowest BCUT2D eigenvalue weighted by Gasteiger charge is -2.38. The van der Waals surface area contributed by atoms with Gasteiger partial charge in [-0.2, -0.15) is 0 Å². The van der Waals surface area contributed by atoms with Gasteiger partial charge >= 0.3 is 6.09 Å². The van der Waals surface area contributed by atoms with Gasteiger partial charge in [0.05, 0.1) is 10.0 Å². The average Bonchev–Trinajstić information content (AvgIpc) is 2.65. The summed E-state index contributed by atoms with van der Waals surface area (Å²) >= 11 is 12.3. The van der Waals surface area contributed by atoms with E-state index in [4.69, 9.17) is 32.7 Å². The van der Waals surface area contributed by atoms with E-state index in [9.17, 15) is 4.79 Å². The number of amides is 1. The van der Waals surface area contributed by atoms with Gasteiger partial charge in [0, 0.05) is 26.8 Å². The molecular weight excluding hydrogens is 397 g/mol. The minimum atomic E-state index is -0.479. The third-order valence-electron chi connectivity index (χ3n) is 4.84. The van der Waals surface area contributed by atoms with E-state index in [-0.39, 0.29) is 11.5 Å². The quantitative estimate of drug-likeness (QED) is 0.519. The topological polar surface area (TPSA) is 38.8 Å². The number of benzene rings is 1. The summed E-state index contributed by atoms with van der Waals surface area (Å²) in [6.07, 6.45) is 3.45. The highest BCUT2D eigenvalue weighted by Gasteiger charge is 2.34. The maximum atomic E-state index is 12.1. The lowest BCUT2D eigenvalue weighted by Crippen LogP contribution is -2.37. The van der Waals surface area contributed by atoms with Gasteiger partial charge in [0.25, 0.3) is 0 Å². The summed E-state index contributed by atoms with van der Waals surface area (Å²) in [5.41, 5.74) is 0.740. The summed E-state index contributed by atoms with van der Waals surface area (Å²) in [6, 6.07) is 5.91. The second kappa shape index (κ2) is 11.3. The Morgan fingerprint density at radius 3 is 2.32 bits per heavy atom. The van der Waals surface area contributed by atoms with Crippen molar-refractivity contribution in [3.8, 4) is 0 Å². The van der Waals surface area contributed by atoms with Crippen molar-refractivity contribution >= 4 is 29.3 Å². The molecular formula is C22H35Cl2NO3. The molecule has 6 heteroatoms. The number of rotatable bonds is 5. The molecule has 1 fully saturated rings. The van der Waals surface area contributed by atoms with E-state index < -0.39 is 5.60 Å². The summed E-state index contributed by atoms with van der Waals surface area (Å²) in [5, 5.41) is 1.16. The normalized spacial score (nSPS) is 16.0. The first-order valence-corrected chi connectivity index (χ1v) is 10.9. The Labute approximate surface area is 180 Å². The first kappa shape index (κ1) is 25.1. The smallest absolute Gasteiger partial charge is 0.410 e. The van der Waals surface area contributed by atoms with Gasteiger partial charge in [-0.1, -0.05) is 43.1 Å². The molecule has 0 spiro atoms. The molecule has 0 aliphatic carbocycles. The molecule has 1 heterocycles. The van der Waals surface area contributed by atoms with Gasteiger partial charge in [-0.05, 0) is 69.6 Å². The zero-order chi connectivity index (χ0) is 21.4. The minimum absolute atomic E-state index is 0.0151. The highest BCUT2D eigenvalue weighted by atomic mass is 35.5. The predicted molar refractivity (Wildman–Crippen MR) is 118 cm³/mol. The molecule has 4 nitrogen and oxygen atoms in total. The van der Waals surface area contributed by atoms with Crippen molar-refractivity contribution in [3.05, 3.63) is 33.8 Å². The van der Waals surface area contributed by atoms with Crippen LogP contribution in [0.25, 0.3) is 0 Å². The molecule has 1 aliphatic rings. The summed E-state index contributed by atoms with van der Waals surface area (Å²) in [7, 11) is 1.78. The zero-order valence-electron chi connectivity index (χ0n) is 18.1. The van der Waals surface area contributed by atoms with E-state index in [1.165, 1.54) is 5.56 Å². The molecule has 1 aliphatic heterocycles. The van der Waals surface area contributed by atoms with Crippen molar-refractivity contribution in [3.63, 3.8) is 0 Å². The van der Waals surface area contributed by atoms with Gasteiger partial charge < -0.3 is 14.4 Å². The first-order chi connectivity index (χ1) is 13.1. The van der Waals surface area contributed by atoms with Gasteiger partial charge in [0.15, 0.2) is 0 Å². The Bertz CT molecular complexity index is 623. The molecule has 0 aromatic heterocycles. The standard InChI is InChI=1S/C20H29Cl2NO3.C2H6/c1-19(2,3)26-18(24)23(4)11-5-8-20(9-12-25-13-10-20)15-6-7-16(21)17(22)14-15;1-2/h6-7,14H,5,8-13H2,1-4H3;1-2H3. The molecule has 1 amide bonds. The Kier molecular flexibility index (Phi) is 10.1. The Morgan fingerprint density at radius 2 is 1.79 bits per heavy atom. The second-order valence-electron chi connectivity index (χ2n) is 8.03. The van der Waals surface area contributed by atoms with Crippen LogP contribution in [0.15, 0.2) is 18.2 Å². The van der Waals surface area contributed by atoms with E-state index in [2.05, 4.69) is 6.07 Å². The van der Waals surface area contributed by atoms with E-state index in [1.54, 1.807) is 11.9 Å². The van der Waals surface area contributed by atoms with Crippen molar-refractivity contribution in [2.45, 2.75) is 71.3 Å². The van der Waals surface area contributed by atoms with Crippen LogP contribution < -0.4 is 0 Å². The fourth-order valence-electron chi connectivity index (χ4n) is 3.36. The number of carbonyl (C=O) groups excluding carboxylic acids is 1. The van der Waals surface area contributed by atoms with Gasteiger partial charge in [-0.15, -0.1) is 0 Å². The van der Waals surface area contributed by atoms with Gasteiger partial charge in [0.1, 0.15) is 5.60 Å². The number of halogens is 2. The SMILES string of the molecule is CC.CN(CCCC1(c2ccc(Cl)c(Cl)c2)CCOCC1)C(=O)OC(C)(C)C. The molecule has 0 saturated carbocycles. The third kappa shape index (κ3) is 7.46. The van der Waals surface area contributed by atoms with E-state index in [0.29, 0.717) is 16.6 Å². The predicted octanol–water partition coefficient (Wildman–Crippen LogP) is 6.71. The van der Waals surface area contributed by atoms with E-state index >= 15 is 0 Å². The highest BCUT2D eigenvalue weighted by Crippen LogP contribution is 2.41. The van der Waals surface area contributed by atoms with E-state index in [0.717, 1.165) is 38.9 Å². The molecule has 2 rings (SSSR count).